The molecule has 2 aromatic carbocycles. The molecular formula is C23H28ClN3O3S. The minimum absolute atomic E-state index is 0.165. The summed E-state index contributed by atoms with van der Waals surface area (Å²) in [7, 11) is -3.56. The molecule has 1 saturated heterocycles. The van der Waals surface area contributed by atoms with Gasteiger partial charge in [-0.25, -0.2) is 8.42 Å². The highest BCUT2D eigenvalue weighted by molar-refractivity contribution is 7.89. The molecule has 1 heterocycles. The number of carbonyl (C=O) groups excluding carboxylic acids is 1. The molecule has 0 atom stereocenters. The van der Waals surface area contributed by atoms with Crippen molar-refractivity contribution in [2.24, 2.45) is 0 Å². The molecule has 2 aliphatic rings. The SMILES string of the molecule is O=C(CCN(Cc1ccccc1)C1CC1)Nc1cc(S(=O)(=O)N2CCCC2)ccc1Cl. The summed E-state index contributed by atoms with van der Waals surface area (Å²) in [6.07, 6.45) is 4.39. The molecule has 0 bridgehead atoms. The van der Waals surface area contributed by atoms with Crippen LogP contribution in [0.2, 0.25) is 5.02 Å². The van der Waals surface area contributed by atoms with Crippen molar-refractivity contribution < 1.29 is 13.2 Å². The van der Waals surface area contributed by atoms with Crippen LogP contribution in [0.25, 0.3) is 0 Å². The van der Waals surface area contributed by atoms with E-state index in [2.05, 4.69) is 22.3 Å². The maximum Gasteiger partial charge on any atom is 0.243 e. The summed E-state index contributed by atoms with van der Waals surface area (Å²) in [5, 5.41) is 3.14. The lowest BCUT2D eigenvalue weighted by molar-refractivity contribution is -0.116. The number of sulfonamides is 1. The number of rotatable bonds is 9. The van der Waals surface area contributed by atoms with Crippen molar-refractivity contribution in [1.29, 1.82) is 0 Å². The molecule has 1 N–H and O–H groups in total. The fourth-order valence-corrected chi connectivity index (χ4v) is 5.65. The summed E-state index contributed by atoms with van der Waals surface area (Å²) in [6, 6.07) is 15.3. The topological polar surface area (TPSA) is 69.7 Å². The van der Waals surface area contributed by atoms with E-state index >= 15 is 0 Å². The van der Waals surface area contributed by atoms with E-state index in [4.69, 9.17) is 11.6 Å². The van der Waals surface area contributed by atoms with E-state index in [1.165, 1.54) is 28.1 Å². The second-order valence-corrected chi connectivity index (χ2v) is 10.6. The zero-order chi connectivity index (χ0) is 21.8. The van der Waals surface area contributed by atoms with Crippen LogP contribution in [0.15, 0.2) is 53.4 Å². The number of hydrogen-bond donors (Lipinski definition) is 1. The molecule has 8 heteroatoms. The summed E-state index contributed by atoms with van der Waals surface area (Å²) in [5.41, 5.74) is 1.57. The van der Waals surface area contributed by atoms with E-state index < -0.39 is 10.0 Å². The third-order valence-corrected chi connectivity index (χ3v) is 8.06. The molecule has 0 radical (unpaired) electrons. The van der Waals surface area contributed by atoms with E-state index in [1.54, 1.807) is 0 Å². The predicted octanol–water partition coefficient (Wildman–Crippen LogP) is 4.12. The molecule has 0 aromatic heterocycles. The molecule has 0 unspecified atom stereocenters. The van der Waals surface area contributed by atoms with Gasteiger partial charge in [0.25, 0.3) is 0 Å². The van der Waals surface area contributed by atoms with Crippen LogP contribution in [-0.4, -0.2) is 49.2 Å². The first-order valence-corrected chi connectivity index (χ1v) is 12.6. The van der Waals surface area contributed by atoms with E-state index in [0.29, 0.717) is 42.8 Å². The summed E-state index contributed by atoms with van der Waals surface area (Å²) in [5.74, 6) is -0.170. The largest absolute Gasteiger partial charge is 0.325 e. The fraction of sp³-hybridized carbons (Fsp3) is 0.435. The second-order valence-electron chi connectivity index (χ2n) is 8.24. The molecule has 2 aromatic rings. The van der Waals surface area contributed by atoms with E-state index in [1.807, 2.05) is 18.2 Å². The summed E-state index contributed by atoms with van der Waals surface area (Å²) < 4.78 is 27.1. The molecule has 1 saturated carbocycles. The first-order valence-electron chi connectivity index (χ1n) is 10.8. The number of hydrogen-bond acceptors (Lipinski definition) is 4. The van der Waals surface area contributed by atoms with Crippen LogP contribution in [0.4, 0.5) is 5.69 Å². The number of halogens is 1. The molecule has 2 fully saturated rings. The van der Waals surface area contributed by atoms with Crippen molar-refractivity contribution in [2.45, 2.75) is 49.6 Å². The molecule has 4 rings (SSSR count). The van der Waals surface area contributed by atoms with Crippen LogP contribution in [0.1, 0.15) is 37.7 Å². The number of amides is 1. The fourth-order valence-electron chi connectivity index (χ4n) is 3.94. The minimum Gasteiger partial charge on any atom is -0.325 e. The zero-order valence-electron chi connectivity index (χ0n) is 17.5. The lowest BCUT2D eigenvalue weighted by Crippen LogP contribution is -2.29. The average molecular weight is 462 g/mol. The van der Waals surface area contributed by atoms with Crippen molar-refractivity contribution in [2.75, 3.05) is 25.0 Å². The van der Waals surface area contributed by atoms with E-state index in [-0.39, 0.29) is 10.8 Å². The van der Waals surface area contributed by atoms with Crippen LogP contribution in [0.5, 0.6) is 0 Å². The molecule has 31 heavy (non-hydrogen) atoms. The van der Waals surface area contributed by atoms with Gasteiger partial charge in [0.2, 0.25) is 15.9 Å². The van der Waals surface area contributed by atoms with Gasteiger partial charge in [0.05, 0.1) is 15.6 Å². The molecular weight excluding hydrogens is 434 g/mol. The van der Waals surface area contributed by atoms with E-state index in [9.17, 15) is 13.2 Å². The van der Waals surface area contributed by atoms with Crippen molar-refractivity contribution in [1.82, 2.24) is 9.21 Å². The molecule has 0 spiro atoms. The molecule has 166 valence electrons. The summed E-state index contributed by atoms with van der Waals surface area (Å²) in [4.78, 5) is 15.1. The average Bonchev–Trinajstić information content (AvgIpc) is 3.45. The Bertz CT molecular complexity index is 1020. The van der Waals surface area contributed by atoms with Crippen molar-refractivity contribution in [3.8, 4) is 0 Å². The highest BCUT2D eigenvalue weighted by Gasteiger charge is 2.30. The quantitative estimate of drug-likeness (QED) is 0.609. The second kappa shape index (κ2) is 9.69. The number of anilines is 1. The Kier molecular flexibility index (Phi) is 6.96. The van der Waals surface area contributed by atoms with Crippen molar-refractivity contribution in [3.05, 3.63) is 59.1 Å². The Morgan fingerprint density at radius 2 is 1.81 bits per heavy atom. The van der Waals surface area contributed by atoms with Crippen molar-refractivity contribution in [3.63, 3.8) is 0 Å². The Balaban J connectivity index is 1.38. The van der Waals surface area contributed by atoms with Gasteiger partial charge in [-0.1, -0.05) is 41.9 Å². The lowest BCUT2D eigenvalue weighted by atomic mass is 10.2. The number of nitrogens with zero attached hydrogens (tertiary/aromatic N) is 2. The van der Waals surface area contributed by atoms with Gasteiger partial charge in [-0.3, -0.25) is 9.69 Å². The molecule has 6 nitrogen and oxygen atoms in total. The molecule has 1 aliphatic heterocycles. The zero-order valence-corrected chi connectivity index (χ0v) is 19.0. The van der Waals surface area contributed by atoms with Gasteiger partial charge in [-0.15, -0.1) is 0 Å². The highest BCUT2D eigenvalue weighted by Crippen LogP contribution is 2.30. The van der Waals surface area contributed by atoms with Gasteiger partial charge in [0, 0.05) is 38.6 Å². The van der Waals surface area contributed by atoms with Gasteiger partial charge in [-0.2, -0.15) is 4.31 Å². The van der Waals surface area contributed by atoms with E-state index in [0.717, 1.165) is 32.2 Å². The first kappa shape index (κ1) is 22.3. The Morgan fingerprint density at radius 3 is 2.48 bits per heavy atom. The standard InChI is InChI=1S/C23H28ClN3O3S/c24-21-11-10-20(31(29,30)27-13-4-5-14-27)16-22(21)25-23(28)12-15-26(19-8-9-19)17-18-6-2-1-3-7-18/h1-3,6-7,10-11,16,19H,4-5,8-9,12-15,17H2,(H,25,28). The molecule has 1 aliphatic carbocycles. The third kappa shape index (κ3) is 5.66. The van der Waals surface area contributed by atoms with Crippen molar-refractivity contribution >= 4 is 33.2 Å². The van der Waals surface area contributed by atoms with Gasteiger partial charge in [0.1, 0.15) is 0 Å². The van der Waals surface area contributed by atoms with Gasteiger partial charge >= 0.3 is 0 Å². The lowest BCUT2D eigenvalue weighted by Gasteiger charge is -2.22. The number of benzene rings is 2. The Morgan fingerprint density at radius 1 is 1.10 bits per heavy atom. The molecule has 1 amide bonds. The van der Waals surface area contributed by atoms with Gasteiger partial charge < -0.3 is 5.32 Å². The van der Waals surface area contributed by atoms with Gasteiger partial charge in [-0.05, 0) is 49.4 Å². The maximum atomic E-state index is 12.8. The van der Waals surface area contributed by atoms with Crippen LogP contribution in [-0.2, 0) is 21.4 Å². The van der Waals surface area contributed by atoms with Crippen LogP contribution in [0, 0.1) is 0 Å². The maximum absolute atomic E-state index is 12.8. The first-order chi connectivity index (χ1) is 14.9. The van der Waals surface area contributed by atoms with Gasteiger partial charge in [0.15, 0.2) is 0 Å². The van der Waals surface area contributed by atoms with Crippen LogP contribution >= 0.6 is 11.6 Å². The monoisotopic (exact) mass is 461 g/mol. The number of carbonyl (C=O) groups is 1. The minimum atomic E-state index is -3.56. The summed E-state index contributed by atoms with van der Waals surface area (Å²) in [6.45, 7) is 2.54. The highest BCUT2D eigenvalue weighted by atomic mass is 35.5. The normalized spacial score (nSPS) is 17.2. The van der Waals surface area contributed by atoms with Crippen LogP contribution < -0.4 is 5.32 Å². The Hall–Kier alpha value is -1.93. The Labute approximate surface area is 189 Å². The smallest absolute Gasteiger partial charge is 0.243 e. The van der Waals surface area contributed by atoms with Crippen LogP contribution in [0.3, 0.4) is 0 Å². The summed E-state index contributed by atoms with van der Waals surface area (Å²) >= 11 is 6.25. The predicted molar refractivity (Wildman–Crippen MR) is 123 cm³/mol. The number of nitrogens with one attached hydrogen (secondary N) is 1. The third-order valence-electron chi connectivity index (χ3n) is 5.83.